The van der Waals surface area contributed by atoms with Gasteiger partial charge in [0.05, 0.1) is 15.7 Å². The molecule has 2 rings (SSSR count). The molecule has 0 saturated heterocycles. The third kappa shape index (κ3) is 5.78. The van der Waals surface area contributed by atoms with E-state index in [1.807, 2.05) is 31.2 Å². The summed E-state index contributed by atoms with van der Waals surface area (Å²) in [5, 5.41) is 3.21. The summed E-state index contributed by atoms with van der Waals surface area (Å²) in [6.07, 6.45) is 2.89. The number of carbonyl (C=O) groups excluding carboxylic acids is 2. The Hall–Kier alpha value is -2.01. The summed E-state index contributed by atoms with van der Waals surface area (Å²) in [6, 6.07) is 10.5. The van der Waals surface area contributed by atoms with Crippen molar-refractivity contribution < 1.29 is 14.3 Å². The van der Waals surface area contributed by atoms with E-state index in [1.54, 1.807) is 6.08 Å². The maximum atomic E-state index is 11.9. The number of anilines is 1. The Morgan fingerprint density at radius 3 is 2.40 bits per heavy atom. The predicted molar refractivity (Wildman–Crippen MR) is 101 cm³/mol. The molecule has 0 saturated carbocycles. The number of ether oxygens (including phenoxy) is 1. The van der Waals surface area contributed by atoms with E-state index in [1.165, 1.54) is 18.2 Å². The van der Waals surface area contributed by atoms with Crippen molar-refractivity contribution in [3.63, 3.8) is 0 Å². The van der Waals surface area contributed by atoms with Gasteiger partial charge in [0.1, 0.15) is 0 Å². The first kappa shape index (κ1) is 19.3. The first-order chi connectivity index (χ1) is 11.9. The van der Waals surface area contributed by atoms with Gasteiger partial charge >= 0.3 is 5.97 Å². The largest absolute Gasteiger partial charge is 0.452 e. The van der Waals surface area contributed by atoms with E-state index in [4.69, 9.17) is 39.5 Å². The quantitative estimate of drug-likeness (QED) is 0.560. The van der Waals surface area contributed by atoms with Crippen LogP contribution in [0.1, 0.15) is 11.1 Å². The monoisotopic (exact) mass is 397 g/mol. The number of hydrogen-bond donors (Lipinski definition) is 1. The summed E-state index contributed by atoms with van der Waals surface area (Å²) < 4.78 is 4.89. The fourth-order valence-corrected chi connectivity index (χ4v) is 2.86. The zero-order chi connectivity index (χ0) is 18.4. The van der Waals surface area contributed by atoms with Gasteiger partial charge in [-0.1, -0.05) is 59.1 Å². The van der Waals surface area contributed by atoms with Gasteiger partial charge in [-0.05, 0) is 36.3 Å². The lowest BCUT2D eigenvalue weighted by atomic mass is 10.1. The second kappa shape index (κ2) is 8.90. The molecular weight excluding hydrogens is 385 g/mol. The molecule has 1 amide bonds. The smallest absolute Gasteiger partial charge is 0.331 e. The Morgan fingerprint density at radius 1 is 1.12 bits per heavy atom. The number of amides is 1. The fraction of sp³-hybridized carbons (Fsp3) is 0.111. The van der Waals surface area contributed by atoms with E-state index < -0.39 is 18.5 Å². The average molecular weight is 399 g/mol. The highest BCUT2D eigenvalue weighted by atomic mass is 35.5. The summed E-state index contributed by atoms with van der Waals surface area (Å²) >= 11 is 17.7. The number of carbonyl (C=O) groups is 2. The van der Waals surface area contributed by atoms with Gasteiger partial charge in [-0.2, -0.15) is 0 Å². The maximum absolute atomic E-state index is 11.9. The van der Waals surface area contributed by atoms with Crippen LogP contribution in [0.3, 0.4) is 0 Å². The number of aryl methyl sites for hydroxylation is 1. The highest BCUT2D eigenvalue weighted by Gasteiger charge is 2.12. The van der Waals surface area contributed by atoms with Crippen LogP contribution in [0.5, 0.6) is 0 Å². The molecule has 0 spiro atoms. The molecule has 2 aromatic rings. The lowest BCUT2D eigenvalue weighted by Gasteiger charge is -2.09. The van der Waals surface area contributed by atoms with Crippen molar-refractivity contribution in [2.75, 3.05) is 11.9 Å². The molecule has 0 aliphatic rings. The van der Waals surface area contributed by atoms with Crippen molar-refractivity contribution in [3.8, 4) is 0 Å². The molecule has 0 atom stereocenters. The molecule has 0 unspecified atom stereocenters. The molecule has 4 nitrogen and oxygen atoms in total. The SMILES string of the molecule is Cc1ccccc1/C=C/C(=O)OCC(=O)Nc1c(Cl)cc(Cl)cc1Cl. The van der Waals surface area contributed by atoms with Crippen LogP contribution in [0.15, 0.2) is 42.5 Å². The van der Waals surface area contributed by atoms with E-state index in [-0.39, 0.29) is 15.7 Å². The zero-order valence-corrected chi connectivity index (χ0v) is 15.5. The Balaban J connectivity index is 1.90. The van der Waals surface area contributed by atoms with Crippen molar-refractivity contribution in [2.24, 2.45) is 0 Å². The lowest BCUT2D eigenvalue weighted by Crippen LogP contribution is -2.20. The van der Waals surface area contributed by atoms with Crippen LogP contribution in [0, 0.1) is 6.92 Å². The summed E-state index contributed by atoms with van der Waals surface area (Å²) in [7, 11) is 0. The molecule has 1 N–H and O–H groups in total. The molecule has 0 radical (unpaired) electrons. The van der Waals surface area contributed by atoms with Crippen LogP contribution in [-0.2, 0) is 14.3 Å². The number of nitrogens with one attached hydrogen (secondary N) is 1. The number of hydrogen-bond acceptors (Lipinski definition) is 3. The summed E-state index contributed by atoms with van der Waals surface area (Å²) in [5.41, 5.74) is 2.13. The molecule has 0 heterocycles. The third-order valence-electron chi connectivity index (χ3n) is 3.20. The Kier molecular flexibility index (Phi) is 6.88. The van der Waals surface area contributed by atoms with Crippen LogP contribution in [-0.4, -0.2) is 18.5 Å². The zero-order valence-electron chi connectivity index (χ0n) is 13.2. The highest BCUT2D eigenvalue weighted by Crippen LogP contribution is 2.33. The van der Waals surface area contributed by atoms with Gasteiger partial charge < -0.3 is 10.1 Å². The average Bonchev–Trinajstić information content (AvgIpc) is 2.55. The molecule has 0 aliphatic carbocycles. The minimum atomic E-state index is -0.633. The van der Waals surface area contributed by atoms with Crippen LogP contribution >= 0.6 is 34.8 Å². The fourth-order valence-electron chi connectivity index (χ4n) is 1.95. The highest BCUT2D eigenvalue weighted by molar-refractivity contribution is 6.42. The van der Waals surface area contributed by atoms with Gasteiger partial charge in [0.15, 0.2) is 6.61 Å². The molecule has 0 aromatic heterocycles. The molecule has 0 bridgehead atoms. The summed E-state index contributed by atoms with van der Waals surface area (Å²) in [5.74, 6) is -1.20. The molecule has 130 valence electrons. The van der Waals surface area contributed by atoms with Crippen LogP contribution in [0.4, 0.5) is 5.69 Å². The van der Waals surface area contributed by atoms with Crippen LogP contribution in [0.25, 0.3) is 6.08 Å². The molecular formula is C18H14Cl3NO3. The lowest BCUT2D eigenvalue weighted by molar-refractivity contribution is -0.142. The van der Waals surface area contributed by atoms with Crippen molar-refractivity contribution in [3.05, 3.63) is 68.7 Å². The maximum Gasteiger partial charge on any atom is 0.331 e. The molecule has 0 fully saturated rings. The van der Waals surface area contributed by atoms with Crippen molar-refractivity contribution >= 4 is 58.4 Å². The standard InChI is InChI=1S/C18H14Cl3NO3/c1-11-4-2-3-5-12(11)6-7-17(24)25-10-16(23)22-18-14(20)8-13(19)9-15(18)21/h2-9H,10H2,1H3,(H,22,23)/b7-6+. The van der Waals surface area contributed by atoms with Gasteiger partial charge in [-0.25, -0.2) is 4.79 Å². The second-order valence-corrected chi connectivity index (χ2v) is 6.34. The van der Waals surface area contributed by atoms with Gasteiger partial charge in [-0.3, -0.25) is 4.79 Å². The van der Waals surface area contributed by atoms with Gasteiger partial charge in [0, 0.05) is 11.1 Å². The van der Waals surface area contributed by atoms with E-state index in [2.05, 4.69) is 5.32 Å². The number of esters is 1. The van der Waals surface area contributed by atoms with Gasteiger partial charge in [0.25, 0.3) is 5.91 Å². The third-order valence-corrected chi connectivity index (χ3v) is 4.02. The molecule has 2 aromatic carbocycles. The second-order valence-electron chi connectivity index (χ2n) is 5.09. The number of halogens is 3. The minimum absolute atomic E-state index is 0.191. The van der Waals surface area contributed by atoms with E-state index in [0.29, 0.717) is 5.02 Å². The predicted octanol–water partition coefficient (Wildman–Crippen LogP) is 5.15. The Bertz CT molecular complexity index is 811. The number of rotatable bonds is 5. The van der Waals surface area contributed by atoms with Gasteiger partial charge in [-0.15, -0.1) is 0 Å². The normalized spacial score (nSPS) is 10.7. The molecule has 0 aliphatic heterocycles. The minimum Gasteiger partial charge on any atom is -0.452 e. The first-order valence-corrected chi connectivity index (χ1v) is 8.35. The van der Waals surface area contributed by atoms with Gasteiger partial charge in [0.2, 0.25) is 0 Å². The van der Waals surface area contributed by atoms with Crippen molar-refractivity contribution in [2.45, 2.75) is 6.92 Å². The Labute approximate surface area is 160 Å². The van der Waals surface area contributed by atoms with Crippen LogP contribution in [0.2, 0.25) is 15.1 Å². The van der Waals surface area contributed by atoms with Crippen molar-refractivity contribution in [1.29, 1.82) is 0 Å². The summed E-state index contributed by atoms with van der Waals surface area (Å²) in [4.78, 5) is 23.6. The first-order valence-electron chi connectivity index (χ1n) is 7.21. The summed E-state index contributed by atoms with van der Waals surface area (Å²) in [6.45, 7) is 1.46. The van der Waals surface area contributed by atoms with Crippen LogP contribution < -0.4 is 5.32 Å². The topological polar surface area (TPSA) is 55.4 Å². The number of benzene rings is 2. The molecule has 25 heavy (non-hydrogen) atoms. The van der Waals surface area contributed by atoms with E-state index in [9.17, 15) is 9.59 Å². The van der Waals surface area contributed by atoms with E-state index in [0.717, 1.165) is 11.1 Å². The van der Waals surface area contributed by atoms with Crippen molar-refractivity contribution in [1.82, 2.24) is 0 Å². The van der Waals surface area contributed by atoms with E-state index >= 15 is 0 Å². The molecule has 7 heteroatoms. The Morgan fingerprint density at radius 2 is 1.76 bits per heavy atom.